The number of Topliss-reactive ketones (excluding diaryl/α,β-unsaturated/α-hetero) is 1. The zero-order valence-corrected chi connectivity index (χ0v) is 12.0. The van der Waals surface area contributed by atoms with Crippen LogP contribution in [0.1, 0.15) is 44.5 Å². The number of esters is 1. The fourth-order valence-corrected chi connectivity index (χ4v) is 1.71. The van der Waals surface area contributed by atoms with Crippen LogP contribution in [-0.4, -0.2) is 17.4 Å². The topological polar surface area (TPSA) is 43.4 Å². The van der Waals surface area contributed by atoms with Crippen molar-refractivity contribution in [2.75, 3.05) is 0 Å². The molecule has 3 nitrogen and oxygen atoms in total. The standard InChI is InChI=1S/C15H18F2O3/c1-9(8-12(18)20-15(2,3)4)14(19)13-10(16)6-5-7-11(13)17/h5-7,9H,8H2,1-4H3/t9-/m1/s1. The zero-order valence-electron chi connectivity index (χ0n) is 12.0. The molecule has 1 aromatic carbocycles. The number of halogens is 2. The Bertz CT molecular complexity index is 498. The molecule has 0 aliphatic heterocycles. The van der Waals surface area contributed by atoms with Gasteiger partial charge in [0, 0.05) is 5.92 Å². The Morgan fingerprint density at radius 3 is 2.15 bits per heavy atom. The summed E-state index contributed by atoms with van der Waals surface area (Å²) >= 11 is 0. The summed E-state index contributed by atoms with van der Waals surface area (Å²) in [5, 5.41) is 0. The van der Waals surface area contributed by atoms with Gasteiger partial charge in [0.15, 0.2) is 5.78 Å². The summed E-state index contributed by atoms with van der Waals surface area (Å²) in [5.74, 6) is -4.02. The lowest BCUT2D eigenvalue weighted by Gasteiger charge is -2.20. The maximum absolute atomic E-state index is 13.5. The highest BCUT2D eigenvalue weighted by atomic mass is 19.1. The second-order valence-corrected chi connectivity index (χ2v) is 5.65. The highest BCUT2D eigenvalue weighted by Gasteiger charge is 2.26. The summed E-state index contributed by atoms with van der Waals surface area (Å²) < 4.78 is 32.1. The molecule has 0 aromatic heterocycles. The third kappa shape index (κ3) is 4.40. The van der Waals surface area contributed by atoms with Gasteiger partial charge in [-0.2, -0.15) is 0 Å². The lowest BCUT2D eigenvalue weighted by Crippen LogP contribution is -2.27. The Morgan fingerprint density at radius 1 is 1.20 bits per heavy atom. The molecule has 0 fully saturated rings. The zero-order chi connectivity index (χ0) is 15.5. The van der Waals surface area contributed by atoms with Crippen molar-refractivity contribution >= 4 is 11.8 Å². The Balaban J connectivity index is 2.80. The van der Waals surface area contributed by atoms with E-state index in [4.69, 9.17) is 4.74 Å². The predicted molar refractivity (Wildman–Crippen MR) is 70.3 cm³/mol. The molecule has 0 amide bonds. The summed E-state index contributed by atoms with van der Waals surface area (Å²) in [4.78, 5) is 23.6. The van der Waals surface area contributed by atoms with Crippen molar-refractivity contribution in [1.82, 2.24) is 0 Å². The van der Waals surface area contributed by atoms with Gasteiger partial charge in [-0.05, 0) is 32.9 Å². The molecule has 110 valence electrons. The Hall–Kier alpha value is -1.78. The summed E-state index contributed by atoms with van der Waals surface area (Å²) in [6.45, 7) is 6.55. The van der Waals surface area contributed by atoms with E-state index in [-0.39, 0.29) is 6.42 Å². The molecule has 0 bridgehead atoms. The second-order valence-electron chi connectivity index (χ2n) is 5.65. The van der Waals surface area contributed by atoms with Crippen LogP contribution in [0.25, 0.3) is 0 Å². The van der Waals surface area contributed by atoms with Gasteiger partial charge >= 0.3 is 5.97 Å². The number of hydrogen-bond acceptors (Lipinski definition) is 3. The molecule has 0 N–H and O–H groups in total. The van der Waals surface area contributed by atoms with Gasteiger partial charge in [0.2, 0.25) is 0 Å². The van der Waals surface area contributed by atoms with Crippen LogP contribution in [0, 0.1) is 17.6 Å². The molecule has 0 radical (unpaired) electrons. The van der Waals surface area contributed by atoms with E-state index in [1.54, 1.807) is 20.8 Å². The number of ether oxygens (including phenoxy) is 1. The van der Waals surface area contributed by atoms with Crippen LogP contribution < -0.4 is 0 Å². The molecule has 5 heteroatoms. The molecule has 1 aromatic rings. The largest absolute Gasteiger partial charge is 0.460 e. The number of carbonyl (C=O) groups is 2. The minimum Gasteiger partial charge on any atom is -0.460 e. The van der Waals surface area contributed by atoms with Gasteiger partial charge in [0.05, 0.1) is 12.0 Å². The first-order valence-corrected chi connectivity index (χ1v) is 6.32. The van der Waals surface area contributed by atoms with Gasteiger partial charge in [-0.15, -0.1) is 0 Å². The summed E-state index contributed by atoms with van der Waals surface area (Å²) in [5.41, 5.74) is -1.27. The van der Waals surface area contributed by atoms with Crippen molar-refractivity contribution in [3.8, 4) is 0 Å². The Morgan fingerprint density at radius 2 is 1.70 bits per heavy atom. The number of ketones is 1. The Labute approximate surface area is 116 Å². The molecular formula is C15H18F2O3. The quantitative estimate of drug-likeness (QED) is 0.627. The van der Waals surface area contributed by atoms with Crippen LogP contribution >= 0.6 is 0 Å². The third-order valence-corrected chi connectivity index (χ3v) is 2.55. The highest BCUT2D eigenvalue weighted by molar-refractivity contribution is 5.99. The van der Waals surface area contributed by atoms with Crippen molar-refractivity contribution in [2.24, 2.45) is 5.92 Å². The number of carbonyl (C=O) groups excluding carboxylic acids is 2. The predicted octanol–water partition coefficient (Wildman–Crippen LogP) is 3.52. The first-order chi connectivity index (χ1) is 9.11. The molecule has 0 heterocycles. The monoisotopic (exact) mass is 284 g/mol. The average Bonchev–Trinajstić information content (AvgIpc) is 2.25. The lowest BCUT2D eigenvalue weighted by molar-refractivity contribution is -0.155. The first kappa shape index (κ1) is 16.3. The highest BCUT2D eigenvalue weighted by Crippen LogP contribution is 2.20. The molecule has 0 saturated carbocycles. The molecule has 0 unspecified atom stereocenters. The molecule has 1 rings (SSSR count). The van der Waals surface area contributed by atoms with Crippen molar-refractivity contribution < 1.29 is 23.1 Å². The normalized spacial score (nSPS) is 12.9. The maximum Gasteiger partial charge on any atom is 0.307 e. The maximum atomic E-state index is 13.5. The van der Waals surface area contributed by atoms with Crippen molar-refractivity contribution in [1.29, 1.82) is 0 Å². The summed E-state index contributed by atoms with van der Waals surface area (Å²) in [6.07, 6.45) is -0.218. The second kappa shape index (κ2) is 6.11. The fraction of sp³-hybridized carbons (Fsp3) is 0.467. The van der Waals surface area contributed by atoms with E-state index in [1.165, 1.54) is 13.0 Å². The van der Waals surface area contributed by atoms with Crippen LogP contribution in [0.3, 0.4) is 0 Å². The lowest BCUT2D eigenvalue weighted by atomic mass is 9.95. The van der Waals surface area contributed by atoms with Crippen LogP contribution in [0.4, 0.5) is 8.78 Å². The molecule has 1 atom stereocenters. The molecule has 0 aliphatic carbocycles. The Kier molecular flexibility index (Phi) is 4.98. The van der Waals surface area contributed by atoms with Gasteiger partial charge in [-0.1, -0.05) is 13.0 Å². The SMILES string of the molecule is C[C@H](CC(=O)OC(C)(C)C)C(=O)c1c(F)cccc1F. The fourth-order valence-electron chi connectivity index (χ4n) is 1.71. The minimum atomic E-state index is -0.925. The minimum absolute atomic E-state index is 0.218. The molecular weight excluding hydrogens is 266 g/mol. The van der Waals surface area contributed by atoms with Crippen LogP contribution in [0.2, 0.25) is 0 Å². The first-order valence-electron chi connectivity index (χ1n) is 6.32. The molecule has 20 heavy (non-hydrogen) atoms. The van der Waals surface area contributed by atoms with Gasteiger partial charge in [-0.3, -0.25) is 9.59 Å². The smallest absolute Gasteiger partial charge is 0.307 e. The number of hydrogen-bond donors (Lipinski definition) is 0. The van der Waals surface area contributed by atoms with E-state index in [2.05, 4.69) is 0 Å². The van der Waals surface area contributed by atoms with E-state index >= 15 is 0 Å². The van der Waals surface area contributed by atoms with Gasteiger partial charge < -0.3 is 4.74 Å². The van der Waals surface area contributed by atoms with E-state index in [9.17, 15) is 18.4 Å². The van der Waals surface area contributed by atoms with Crippen molar-refractivity contribution in [3.63, 3.8) is 0 Å². The van der Waals surface area contributed by atoms with Crippen molar-refractivity contribution in [3.05, 3.63) is 35.4 Å². The number of benzene rings is 1. The van der Waals surface area contributed by atoms with Gasteiger partial charge in [0.1, 0.15) is 17.2 Å². The van der Waals surface area contributed by atoms with E-state index < -0.39 is 40.5 Å². The third-order valence-electron chi connectivity index (χ3n) is 2.55. The van der Waals surface area contributed by atoms with Gasteiger partial charge in [-0.25, -0.2) is 8.78 Å². The van der Waals surface area contributed by atoms with Crippen LogP contribution in [-0.2, 0) is 9.53 Å². The molecule has 0 spiro atoms. The van der Waals surface area contributed by atoms with Crippen LogP contribution in [0.5, 0.6) is 0 Å². The van der Waals surface area contributed by atoms with Crippen LogP contribution in [0.15, 0.2) is 18.2 Å². The average molecular weight is 284 g/mol. The molecule has 0 aliphatic rings. The van der Waals surface area contributed by atoms with Crippen molar-refractivity contribution in [2.45, 2.75) is 39.7 Å². The summed E-state index contributed by atoms with van der Waals surface area (Å²) in [7, 11) is 0. The molecule has 0 saturated heterocycles. The van der Waals surface area contributed by atoms with E-state index in [0.717, 1.165) is 12.1 Å². The number of rotatable bonds is 4. The van der Waals surface area contributed by atoms with E-state index in [0.29, 0.717) is 0 Å². The van der Waals surface area contributed by atoms with E-state index in [1.807, 2.05) is 0 Å². The van der Waals surface area contributed by atoms with Gasteiger partial charge in [0.25, 0.3) is 0 Å². The summed E-state index contributed by atoms with van der Waals surface area (Å²) in [6, 6.07) is 3.20.